The summed E-state index contributed by atoms with van der Waals surface area (Å²) in [6.45, 7) is 1.93. The lowest BCUT2D eigenvalue weighted by atomic mass is 10.4. The molecule has 0 fully saturated rings. The van der Waals surface area contributed by atoms with Gasteiger partial charge in [-0.25, -0.2) is 4.98 Å². The first-order valence-electron chi connectivity index (χ1n) is 4.74. The molecule has 0 atom stereocenters. The second-order valence-corrected chi connectivity index (χ2v) is 3.28. The van der Waals surface area contributed by atoms with Crippen LogP contribution in [0.25, 0.3) is 0 Å². The van der Waals surface area contributed by atoms with E-state index in [1.165, 1.54) is 14.2 Å². The molecule has 1 aromatic heterocycles. The molecule has 6 heteroatoms. The van der Waals surface area contributed by atoms with Gasteiger partial charge in [-0.2, -0.15) is 4.98 Å². The van der Waals surface area contributed by atoms with Gasteiger partial charge in [0.1, 0.15) is 6.54 Å². The Morgan fingerprint density at radius 1 is 1.44 bits per heavy atom. The zero-order chi connectivity index (χ0) is 12.1. The van der Waals surface area contributed by atoms with E-state index in [1.54, 1.807) is 18.0 Å². The van der Waals surface area contributed by atoms with Crippen molar-refractivity contribution in [2.45, 2.75) is 6.92 Å². The fourth-order valence-electron chi connectivity index (χ4n) is 1.13. The number of aryl methyl sites for hydroxylation is 1. The van der Waals surface area contributed by atoms with E-state index < -0.39 is 0 Å². The third kappa shape index (κ3) is 3.08. The van der Waals surface area contributed by atoms with Crippen molar-refractivity contribution in [3.63, 3.8) is 0 Å². The molecule has 0 amide bonds. The van der Waals surface area contributed by atoms with Gasteiger partial charge < -0.3 is 14.4 Å². The van der Waals surface area contributed by atoms with Crippen molar-refractivity contribution in [1.82, 2.24) is 9.97 Å². The number of esters is 1. The first kappa shape index (κ1) is 12.2. The van der Waals surface area contributed by atoms with Crippen LogP contribution in [0.5, 0.6) is 5.88 Å². The number of hydrogen-bond acceptors (Lipinski definition) is 6. The molecule has 0 aliphatic heterocycles. The van der Waals surface area contributed by atoms with Crippen molar-refractivity contribution < 1.29 is 14.3 Å². The summed E-state index contributed by atoms with van der Waals surface area (Å²) in [7, 11) is 4.59. The lowest BCUT2D eigenvalue weighted by molar-refractivity contribution is -0.138. The van der Waals surface area contributed by atoms with Crippen LogP contribution in [0.4, 0.5) is 5.95 Å². The molecule has 0 aliphatic carbocycles. The zero-order valence-corrected chi connectivity index (χ0v) is 9.85. The second-order valence-electron chi connectivity index (χ2n) is 3.28. The van der Waals surface area contributed by atoms with Crippen LogP contribution in [0.15, 0.2) is 6.07 Å². The number of hydrogen-bond donors (Lipinski definition) is 0. The molecule has 1 heterocycles. The average molecular weight is 225 g/mol. The normalized spacial score (nSPS) is 9.75. The summed E-state index contributed by atoms with van der Waals surface area (Å²) in [5.74, 6) is 0.563. The van der Waals surface area contributed by atoms with Crippen LogP contribution < -0.4 is 9.64 Å². The Bertz CT molecular complexity index is 382. The topological polar surface area (TPSA) is 64.5 Å². The summed E-state index contributed by atoms with van der Waals surface area (Å²) in [4.78, 5) is 21.0. The second kappa shape index (κ2) is 5.29. The van der Waals surface area contributed by atoms with Gasteiger partial charge in [-0.1, -0.05) is 0 Å². The van der Waals surface area contributed by atoms with Crippen LogP contribution in [0, 0.1) is 6.92 Å². The van der Waals surface area contributed by atoms with Gasteiger partial charge in [0.2, 0.25) is 11.8 Å². The third-order valence-electron chi connectivity index (χ3n) is 1.96. The standard InChI is InChI=1S/C10H15N3O3/c1-7-5-8(15-3)12-10(11-7)13(2)6-9(14)16-4/h5H,6H2,1-4H3. The summed E-state index contributed by atoms with van der Waals surface area (Å²) in [5.41, 5.74) is 0.776. The van der Waals surface area contributed by atoms with Crippen molar-refractivity contribution in [3.05, 3.63) is 11.8 Å². The minimum absolute atomic E-state index is 0.100. The fraction of sp³-hybridized carbons (Fsp3) is 0.500. The quantitative estimate of drug-likeness (QED) is 0.691. The minimum Gasteiger partial charge on any atom is -0.481 e. The molecule has 16 heavy (non-hydrogen) atoms. The maximum absolute atomic E-state index is 11.1. The minimum atomic E-state index is -0.341. The molecule has 0 N–H and O–H groups in total. The molecule has 0 aliphatic rings. The number of rotatable bonds is 4. The van der Waals surface area contributed by atoms with E-state index in [4.69, 9.17) is 4.74 Å². The maximum atomic E-state index is 11.1. The Morgan fingerprint density at radius 2 is 2.12 bits per heavy atom. The Balaban J connectivity index is 2.86. The van der Waals surface area contributed by atoms with Gasteiger partial charge in [-0.15, -0.1) is 0 Å². The molecule has 0 radical (unpaired) electrons. The van der Waals surface area contributed by atoms with Crippen molar-refractivity contribution in [1.29, 1.82) is 0 Å². The Morgan fingerprint density at radius 3 is 2.69 bits per heavy atom. The van der Waals surface area contributed by atoms with Crippen LogP contribution in [-0.4, -0.2) is 43.7 Å². The zero-order valence-electron chi connectivity index (χ0n) is 9.85. The predicted octanol–water partition coefficient (Wildman–Crippen LogP) is 0.403. The highest BCUT2D eigenvalue weighted by Crippen LogP contribution is 2.13. The van der Waals surface area contributed by atoms with Crippen LogP contribution in [0.1, 0.15) is 5.69 Å². The summed E-state index contributed by atoms with van der Waals surface area (Å²) in [6.07, 6.45) is 0. The van der Waals surface area contributed by atoms with Crippen molar-refractivity contribution in [2.24, 2.45) is 0 Å². The summed E-state index contributed by atoms with van der Waals surface area (Å²) in [6, 6.07) is 1.72. The number of methoxy groups -OCH3 is 2. The molecule has 0 saturated heterocycles. The highest BCUT2D eigenvalue weighted by Gasteiger charge is 2.11. The van der Waals surface area contributed by atoms with E-state index >= 15 is 0 Å². The number of carbonyl (C=O) groups is 1. The van der Waals surface area contributed by atoms with Crippen molar-refractivity contribution in [3.8, 4) is 5.88 Å². The number of carbonyl (C=O) groups excluding carboxylic acids is 1. The van der Waals surface area contributed by atoms with Gasteiger partial charge in [0.25, 0.3) is 0 Å². The van der Waals surface area contributed by atoms with Crippen LogP contribution in [0.3, 0.4) is 0 Å². The molecule has 0 spiro atoms. The van der Waals surface area contributed by atoms with E-state index in [0.29, 0.717) is 11.8 Å². The molecule has 1 rings (SSSR count). The van der Waals surface area contributed by atoms with E-state index in [0.717, 1.165) is 5.69 Å². The molecule has 0 unspecified atom stereocenters. The summed E-state index contributed by atoms with van der Waals surface area (Å²) < 4.78 is 9.58. The number of ether oxygens (including phenoxy) is 2. The molecule has 0 saturated carbocycles. The van der Waals surface area contributed by atoms with E-state index in [1.807, 2.05) is 6.92 Å². The van der Waals surface area contributed by atoms with Gasteiger partial charge in [0, 0.05) is 18.8 Å². The van der Waals surface area contributed by atoms with Gasteiger partial charge in [-0.05, 0) is 6.92 Å². The van der Waals surface area contributed by atoms with Crippen molar-refractivity contribution >= 4 is 11.9 Å². The highest BCUT2D eigenvalue weighted by molar-refractivity contribution is 5.74. The lowest BCUT2D eigenvalue weighted by Crippen LogP contribution is -2.28. The molecular formula is C10H15N3O3. The third-order valence-corrected chi connectivity index (χ3v) is 1.96. The SMILES string of the molecule is COC(=O)CN(C)c1nc(C)cc(OC)n1. The Kier molecular flexibility index (Phi) is 4.04. The first-order valence-corrected chi connectivity index (χ1v) is 4.74. The van der Waals surface area contributed by atoms with Gasteiger partial charge in [0.15, 0.2) is 0 Å². The molecule has 1 aromatic rings. The predicted molar refractivity (Wildman–Crippen MR) is 58.6 cm³/mol. The maximum Gasteiger partial charge on any atom is 0.325 e. The number of nitrogens with zero attached hydrogens (tertiary/aromatic N) is 3. The van der Waals surface area contributed by atoms with E-state index in [2.05, 4.69) is 14.7 Å². The van der Waals surface area contributed by atoms with Crippen molar-refractivity contribution in [2.75, 3.05) is 32.7 Å². The molecular weight excluding hydrogens is 210 g/mol. The summed E-state index contributed by atoms with van der Waals surface area (Å²) in [5, 5.41) is 0. The number of likely N-dealkylation sites (N-methyl/N-ethyl adjacent to an activating group) is 1. The number of aromatic nitrogens is 2. The lowest BCUT2D eigenvalue weighted by Gasteiger charge is -2.16. The molecule has 88 valence electrons. The smallest absolute Gasteiger partial charge is 0.325 e. The van der Waals surface area contributed by atoms with Gasteiger partial charge in [-0.3, -0.25) is 4.79 Å². The van der Waals surface area contributed by atoms with E-state index in [-0.39, 0.29) is 12.5 Å². The highest BCUT2D eigenvalue weighted by atomic mass is 16.5. The molecule has 0 bridgehead atoms. The van der Waals surface area contributed by atoms with Gasteiger partial charge in [0.05, 0.1) is 14.2 Å². The fourth-order valence-corrected chi connectivity index (χ4v) is 1.13. The van der Waals surface area contributed by atoms with Crippen LogP contribution in [-0.2, 0) is 9.53 Å². The Labute approximate surface area is 94.2 Å². The largest absolute Gasteiger partial charge is 0.481 e. The van der Waals surface area contributed by atoms with Crippen LogP contribution in [0.2, 0.25) is 0 Å². The molecule has 6 nitrogen and oxygen atoms in total. The average Bonchev–Trinajstić information content (AvgIpc) is 2.27. The number of anilines is 1. The molecule has 0 aromatic carbocycles. The van der Waals surface area contributed by atoms with Crippen LogP contribution >= 0.6 is 0 Å². The van der Waals surface area contributed by atoms with Gasteiger partial charge >= 0.3 is 5.97 Å². The van der Waals surface area contributed by atoms with E-state index in [9.17, 15) is 4.79 Å². The Hall–Kier alpha value is -1.85. The monoisotopic (exact) mass is 225 g/mol. The first-order chi connectivity index (χ1) is 7.56. The summed E-state index contributed by atoms with van der Waals surface area (Å²) >= 11 is 0.